The van der Waals surface area contributed by atoms with Crippen LogP contribution in [0.15, 0.2) is 4.99 Å². The molecular weight excluding hydrogens is 495 g/mol. The highest BCUT2D eigenvalue weighted by Gasteiger charge is 2.25. The first-order valence-corrected chi connectivity index (χ1v) is 11.3. The van der Waals surface area contributed by atoms with E-state index in [4.69, 9.17) is 14.5 Å². The number of carbonyl (C=O) groups is 1. The van der Waals surface area contributed by atoms with Gasteiger partial charge in [-0.25, -0.2) is 4.79 Å². The maximum Gasteiger partial charge on any atom is 0.407 e. The van der Waals surface area contributed by atoms with Crippen molar-refractivity contribution in [3.63, 3.8) is 0 Å². The van der Waals surface area contributed by atoms with Crippen LogP contribution < -0.4 is 16.0 Å². The van der Waals surface area contributed by atoms with Gasteiger partial charge in [0, 0.05) is 31.8 Å². The molecule has 0 spiro atoms. The second kappa shape index (κ2) is 15.1. The Morgan fingerprint density at radius 2 is 1.63 bits per heavy atom. The van der Waals surface area contributed by atoms with Crippen LogP contribution in [0, 0.1) is 5.92 Å². The van der Waals surface area contributed by atoms with Crippen LogP contribution in [0.4, 0.5) is 4.79 Å². The fourth-order valence-corrected chi connectivity index (χ4v) is 3.50. The summed E-state index contributed by atoms with van der Waals surface area (Å²) in [6.45, 7) is 16.5. The van der Waals surface area contributed by atoms with Crippen LogP contribution in [0.5, 0.6) is 0 Å². The topological polar surface area (TPSA) is 84.0 Å². The summed E-state index contributed by atoms with van der Waals surface area (Å²) in [5.41, 5.74) is -0.462. The molecule has 1 unspecified atom stereocenters. The van der Waals surface area contributed by atoms with E-state index in [2.05, 4.69) is 36.7 Å². The molecule has 1 rings (SSSR count). The number of ether oxygens (including phenoxy) is 2. The Kier molecular flexibility index (Phi) is 14.7. The van der Waals surface area contributed by atoms with Crippen molar-refractivity contribution in [1.29, 1.82) is 0 Å². The molecule has 0 bridgehead atoms. The van der Waals surface area contributed by atoms with Crippen molar-refractivity contribution >= 4 is 36.0 Å². The van der Waals surface area contributed by atoms with E-state index in [0.29, 0.717) is 12.0 Å². The summed E-state index contributed by atoms with van der Waals surface area (Å²) in [5.74, 6) is 1.36. The van der Waals surface area contributed by atoms with Gasteiger partial charge in [-0.3, -0.25) is 4.99 Å². The van der Waals surface area contributed by atoms with Gasteiger partial charge in [0.2, 0.25) is 0 Å². The molecule has 1 aliphatic rings. The van der Waals surface area contributed by atoms with Gasteiger partial charge in [0.25, 0.3) is 0 Å². The van der Waals surface area contributed by atoms with Crippen molar-refractivity contribution in [2.45, 2.75) is 104 Å². The predicted octanol–water partition coefficient (Wildman–Crippen LogP) is 4.45. The van der Waals surface area contributed by atoms with Gasteiger partial charge in [0.05, 0.1) is 6.10 Å². The highest BCUT2D eigenvalue weighted by Crippen LogP contribution is 2.19. The van der Waals surface area contributed by atoms with Crippen molar-refractivity contribution in [1.82, 2.24) is 16.0 Å². The zero-order valence-electron chi connectivity index (χ0n) is 20.0. The van der Waals surface area contributed by atoms with E-state index in [1.54, 1.807) is 0 Å². The zero-order valence-corrected chi connectivity index (χ0v) is 22.4. The Hall–Kier alpha value is -0.770. The van der Waals surface area contributed by atoms with E-state index in [9.17, 15) is 4.79 Å². The molecule has 178 valence electrons. The maximum absolute atomic E-state index is 12.0. The SMILES string of the molecule is CCNC(=NCCC(OCC)C(C)C)NC1CCC(NC(=O)OC(C)(C)C)CC1.I. The number of hydrogen-bond donors (Lipinski definition) is 3. The average Bonchev–Trinajstić information content (AvgIpc) is 2.61. The standard InChI is InChI=1S/C22H44N4O3.HI/c1-8-23-20(24-15-14-19(16(3)4)28-9-2)25-17-10-12-18(13-11-17)26-21(27)29-22(5,6)7;/h16-19H,8-15H2,1-7H3,(H,26,27)(H2,23,24,25);1H. The van der Waals surface area contributed by atoms with Gasteiger partial charge in [-0.15, -0.1) is 24.0 Å². The van der Waals surface area contributed by atoms with E-state index in [1.165, 1.54) is 0 Å². The molecule has 0 aromatic carbocycles. The van der Waals surface area contributed by atoms with Crippen LogP contribution in [0.25, 0.3) is 0 Å². The molecule has 0 saturated heterocycles. The summed E-state index contributed by atoms with van der Waals surface area (Å²) < 4.78 is 11.2. The summed E-state index contributed by atoms with van der Waals surface area (Å²) in [6, 6.07) is 0.553. The van der Waals surface area contributed by atoms with Gasteiger partial charge in [0.15, 0.2) is 5.96 Å². The molecule has 0 aromatic heterocycles. The first kappa shape index (κ1) is 29.2. The fourth-order valence-electron chi connectivity index (χ4n) is 3.50. The summed E-state index contributed by atoms with van der Waals surface area (Å²) in [7, 11) is 0. The third-order valence-electron chi connectivity index (χ3n) is 4.94. The van der Waals surface area contributed by atoms with E-state index in [0.717, 1.165) is 57.8 Å². The second-order valence-corrected chi connectivity index (χ2v) is 9.13. The zero-order chi connectivity index (χ0) is 21.9. The van der Waals surface area contributed by atoms with Crippen molar-refractivity contribution < 1.29 is 14.3 Å². The highest BCUT2D eigenvalue weighted by molar-refractivity contribution is 14.0. The number of halogens is 1. The molecule has 8 heteroatoms. The monoisotopic (exact) mass is 540 g/mol. The number of carbonyl (C=O) groups excluding carboxylic acids is 1. The van der Waals surface area contributed by atoms with Crippen molar-refractivity contribution in [3.05, 3.63) is 0 Å². The van der Waals surface area contributed by atoms with Crippen molar-refractivity contribution in [3.8, 4) is 0 Å². The molecular formula is C22H45IN4O3. The number of guanidine groups is 1. The first-order chi connectivity index (χ1) is 13.6. The van der Waals surface area contributed by atoms with Gasteiger partial charge < -0.3 is 25.4 Å². The lowest BCUT2D eigenvalue weighted by Gasteiger charge is -2.31. The van der Waals surface area contributed by atoms with E-state index in [-0.39, 0.29) is 42.2 Å². The van der Waals surface area contributed by atoms with Gasteiger partial charge in [-0.1, -0.05) is 13.8 Å². The van der Waals surface area contributed by atoms with Crippen molar-refractivity contribution in [2.75, 3.05) is 19.7 Å². The number of nitrogens with zero attached hydrogens (tertiary/aromatic N) is 1. The van der Waals surface area contributed by atoms with Crippen LogP contribution in [0.3, 0.4) is 0 Å². The summed E-state index contributed by atoms with van der Waals surface area (Å²) in [4.78, 5) is 16.7. The summed E-state index contributed by atoms with van der Waals surface area (Å²) in [6.07, 6.45) is 4.73. The van der Waals surface area contributed by atoms with Gasteiger partial charge in [-0.2, -0.15) is 0 Å². The van der Waals surface area contributed by atoms with Gasteiger partial charge >= 0.3 is 6.09 Å². The number of nitrogens with one attached hydrogen (secondary N) is 3. The number of amides is 1. The quantitative estimate of drug-likeness (QED) is 0.229. The van der Waals surface area contributed by atoms with Crippen molar-refractivity contribution in [2.24, 2.45) is 10.9 Å². The second-order valence-electron chi connectivity index (χ2n) is 9.13. The molecule has 7 nitrogen and oxygen atoms in total. The Bertz CT molecular complexity index is 501. The largest absolute Gasteiger partial charge is 0.444 e. The molecule has 0 heterocycles. The van der Waals surface area contributed by atoms with Crippen LogP contribution in [0.2, 0.25) is 0 Å². The van der Waals surface area contributed by atoms with Crippen LogP contribution in [-0.2, 0) is 9.47 Å². The lowest BCUT2D eigenvalue weighted by Crippen LogP contribution is -2.48. The lowest BCUT2D eigenvalue weighted by atomic mass is 9.91. The number of alkyl carbamates (subject to hydrolysis) is 1. The van der Waals surface area contributed by atoms with Gasteiger partial charge in [-0.05, 0) is 72.6 Å². The molecule has 30 heavy (non-hydrogen) atoms. The molecule has 3 N–H and O–H groups in total. The minimum Gasteiger partial charge on any atom is -0.444 e. The normalized spacial score (nSPS) is 20.9. The average molecular weight is 541 g/mol. The molecule has 1 aliphatic carbocycles. The number of aliphatic imine (C=N–C) groups is 1. The van der Waals surface area contributed by atoms with Crippen LogP contribution in [-0.4, -0.2) is 55.5 Å². The maximum atomic E-state index is 12.0. The molecule has 0 aromatic rings. The van der Waals surface area contributed by atoms with E-state index < -0.39 is 5.60 Å². The predicted molar refractivity (Wildman–Crippen MR) is 135 cm³/mol. The highest BCUT2D eigenvalue weighted by atomic mass is 127. The van der Waals surface area contributed by atoms with Gasteiger partial charge in [0.1, 0.15) is 5.60 Å². The minimum atomic E-state index is -0.462. The summed E-state index contributed by atoms with van der Waals surface area (Å²) >= 11 is 0. The first-order valence-electron chi connectivity index (χ1n) is 11.3. The Labute approximate surface area is 200 Å². The number of hydrogen-bond acceptors (Lipinski definition) is 4. The third kappa shape index (κ3) is 12.8. The van der Waals surface area contributed by atoms with E-state index in [1.807, 2.05) is 27.7 Å². The molecule has 0 radical (unpaired) electrons. The molecule has 1 saturated carbocycles. The molecule has 0 aliphatic heterocycles. The fraction of sp³-hybridized carbons (Fsp3) is 0.909. The summed E-state index contributed by atoms with van der Waals surface area (Å²) in [5, 5.41) is 9.90. The Balaban J connectivity index is 0.00000841. The smallest absolute Gasteiger partial charge is 0.407 e. The Morgan fingerprint density at radius 1 is 1.07 bits per heavy atom. The van der Waals surface area contributed by atoms with Crippen LogP contribution >= 0.6 is 24.0 Å². The van der Waals surface area contributed by atoms with E-state index >= 15 is 0 Å². The lowest BCUT2D eigenvalue weighted by molar-refractivity contribution is 0.0266. The molecule has 1 atom stereocenters. The minimum absolute atomic E-state index is 0. The third-order valence-corrected chi connectivity index (χ3v) is 4.94. The van der Waals surface area contributed by atoms with Crippen LogP contribution in [0.1, 0.15) is 80.6 Å². The molecule has 1 fully saturated rings. The Morgan fingerprint density at radius 3 is 2.10 bits per heavy atom. The molecule has 1 amide bonds. The number of rotatable bonds is 9.